The van der Waals surface area contributed by atoms with E-state index in [1.807, 2.05) is 0 Å². The van der Waals surface area contributed by atoms with Crippen LogP contribution in [0.4, 0.5) is 19.1 Å². The van der Waals surface area contributed by atoms with Gasteiger partial charge >= 0.3 is 12.1 Å². The topological polar surface area (TPSA) is 89.5 Å². The minimum Gasteiger partial charge on any atom is -0.467 e. The maximum atomic E-state index is 13.3. The number of alkyl halides is 3. The predicted octanol–water partition coefficient (Wildman–Crippen LogP) is 2.09. The molecule has 1 unspecified atom stereocenters. The molecule has 0 spiro atoms. The van der Waals surface area contributed by atoms with Gasteiger partial charge in [-0.15, -0.1) is 0 Å². The lowest BCUT2D eigenvalue weighted by atomic mass is 10.2. The molecule has 0 aliphatic carbocycles. The first kappa shape index (κ1) is 20.1. The molecule has 0 saturated carbocycles. The third-order valence-corrected chi connectivity index (χ3v) is 6.67. The van der Waals surface area contributed by atoms with Crippen LogP contribution in [0.3, 0.4) is 0 Å². The fourth-order valence-electron chi connectivity index (χ4n) is 3.17. The van der Waals surface area contributed by atoms with Gasteiger partial charge in [0, 0.05) is 18.9 Å². The molecule has 0 N–H and O–H groups in total. The predicted molar refractivity (Wildman–Crippen MR) is 92.2 cm³/mol. The highest BCUT2D eigenvalue weighted by Crippen LogP contribution is 2.38. The minimum atomic E-state index is -4.83. The lowest BCUT2D eigenvalue weighted by Crippen LogP contribution is -2.38. The van der Waals surface area contributed by atoms with Gasteiger partial charge in [0.25, 0.3) is 0 Å². The highest BCUT2D eigenvalue weighted by molar-refractivity contribution is 7.92. The molecular formula is C17H16F3N3O4S. The molecule has 0 radical (unpaired) electrons. The standard InChI is InChI=1S/C17H16F3N3O4S/c1-27-15(24)13-9-11(10-23(13)16-21-7-4-8-22-16)28(25,26)14-6-3-2-5-12(14)17(18,19)20/h2-8,11,13H,9-10H2,1H3/t11-,13?/m1/s1. The highest BCUT2D eigenvalue weighted by atomic mass is 32.2. The summed E-state index contributed by atoms with van der Waals surface area (Å²) in [7, 11) is -3.25. The Morgan fingerprint density at radius 1 is 1.18 bits per heavy atom. The van der Waals surface area contributed by atoms with Crippen molar-refractivity contribution in [1.29, 1.82) is 0 Å². The van der Waals surface area contributed by atoms with Crippen LogP contribution >= 0.6 is 0 Å². The molecule has 2 aromatic rings. The number of sulfone groups is 1. The SMILES string of the molecule is COC(=O)C1C[C@@H](S(=O)(=O)c2ccccc2C(F)(F)F)CN1c1ncccn1. The molecule has 28 heavy (non-hydrogen) atoms. The molecule has 1 fully saturated rings. The van der Waals surface area contributed by atoms with Gasteiger partial charge in [0.1, 0.15) is 6.04 Å². The molecule has 1 saturated heterocycles. The van der Waals surface area contributed by atoms with Crippen LogP contribution in [0.15, 0.2) is 47.6 Å². The van der Waals surface area contributed by atoms with E-state index < -0.39 is 43.7 Å². The molecule has 150 valence electrons. The molecule has 1 aliphatic heterocycles. The van der Waals surface area contributed by atoms with Gasteiger partial charge in [-0.3, -0.25) is 0 Å². The van der Waals surface area contributed by atoms with Crippen molar-refractivity contribution in [3.8, 4) is 0 Å². The van der Waals surface area contributed by atoms with Crippen LogP contribution < -0.4 is 4.90 Å². The average Bonchev–Trinajstić information content (AvgIpc) is 3.14. The van der Waals surface area contributed by atoms with E-state index in [9.17, 15) is 26.4 Å². The number of ether oxygens (including phenoxy) is 1. The third kappa shape index (κ3) is 3.66. The number of carbonyl (C=O) groups excluding carboxylic acids is 1. The summed E-state index contributed by atoms with van der Waals surface area (Å²) >= 11 is 0. The van der Waals surface area contributed by atoms with E-state index in [0.29, 0.717) is 0 Å². The number of methoxy groups -OCH3 is 1. The van der Waals surface area contributed by atoms with Gasteiger partial charge in [0.05, 0.1) is 22.8 Å². The summed E-state index contributed by atoms with van der Waals surface area (Å²) in [6.07, 6.45) is -2.24. The van der Waals surface area contributed by atoms with E-state index in [4.69, 9.17) is 4.74 Å². The summed E-state index contributed by atoms with van der Waals surface area (Å²) < 4.78 is 70.6. The normalized spacial score (nSPS) is 20.2. The van der Waals surface area contributed by atoms with Crippen molar-refractivity contribution in [2.45, 2.75) is 28.8 Å². The maximum absolute atomic E-state index is 13.3. The number of rotatable bonds is 4. The zero-order chi connectivity index (χ0) is 20.5. The first-order valence-electron chi connectivity index (χ1n) is 8.18. The molecule has 1 aliphatic rings. The van der Waals surface area contributed by atoms with Gasteiger partial charge in [0.2, 0.25) is 5.95 Å². The Hall–Kier alpha value is -2.69. The molecule has 7 nitrogen and oxygen atoms in total. The molecule has 2 heterocycles. The minimum absolute atomic E-state index is 0.0970. The van der Waals surface area contributed by atoms with Crippen molar-refractivity contribution in [3.05, 3.63) is 48.3 Å². The van der Waals surface area contributed by atoms with Crippen LogP contribution in [0.2, 0.25) is 0 Å². The van der Waals surface area contributed by atoms with Crippen molar-refractivity contribution in [3.63, 3.8) is 0 Å². The Morgan fingerprint density at radius 3 is 2.43 bits per heavy atom. The van der Waals surface area contributed by atoms with Crippen molar-refractivity contribution < 1.29 is 31.1 Å². The zero-order valence-electron chi connectivity index (χ0n) is 14.6. The van der Waals surface area contributed by atoms with Crippen LogP contribution in [0, 0.1) is 0 Å². The molecule has 11 heteroatoms. The lowest BCUT2D eigenvalue weighted by molar-refractivity contribution is -0.142. The Kier molecular flexibility index (Phi) is 5.28. The van der Waals surface area contributed by atoms with Gasteiger partial charge in [-0.2, -0.15) is 13.2 Å². The van der Waals surface area contributed by atoms with Crippen molar-refractivity contribution in [2.24, 2.45) is 0 Å². The van der Waals surface area contributed by atoms with Crippen LogP contribution in [0.1, 0.15) is 12.0 Å². The molecular weight excluding hydrogens is 399 g/mol. The molecule has 0 amide bonds. The number of hydrogen-bond donors (Lipinski definition) is 0. The molecule has 1 aromatic heterocycles. The van der Waals surface area contributed by atoms with Gasteiger partial charge in [0.15, 0.2) is 9.84 Å². The highest BCUT2D eigenvalue weighted by Gasteiger charge is 2.47. The smallest absolute Gasteiger partial charge is 0.417 e. The average molecular weight is 415 g/mol. The Morgan fingerprint density at radius 2 is 1.82 bits per heavy atom. The number of benzene rings is 1. The summed E-state index contributed by atoms with van der Waals surface area (Å²) in [5.41, 5.74) is -1.24. The monoisotopic (exact) mass is 415 g/mol. The largest absolute Gasteiger partial charge is 0.467 e. The van der Waals surface area contributed by atoms with E-state index >= 15 is 0 Å². The summed E-state index contributed by atoms with van der Waals surface area (Å²) in [5, 5.41) is -1.26. The Labute approximate surface area is 159 Å². The van der Waals surface area contributed by atoms with Gasteiger partial charge in [-0.1, -0.05) is 12.1 Å². The second-order valence-electron chi connectivity index (χ2n) is 6.14. The maximum Gasteiger partial charge on any atom is 0.417 e. The van der Waals surface area contributed by atoms with E-state index in [1.165, 1.54) is 23.4 Å². The molecule has 0 bridgehead atoms. The number of halogens is 3. The number of carbonyl (C=O) groups is 1. The number of esters is 1. The van der Waals surface area contributed by atoms with Crippen molar-refractivity contribution in [2.75, 3.05) is 18.6 Å². The van der Waals surface area contributed by atoms with E-state index in [-0.39, 0.29) is 18.9 Å². The van der Waals surface area contributed by atoms with E-state index in [0.717, 1.165) is 25.3 Å². The lowest BCUT2D eigenvalue weighted by Gasteiger charge is -2.22. The number of anilines is 1. The van der Waals surface area contributed by atoms with Crippen molar-refractivity contribution >= 4 is 21.8 Å². The van der Waals surface area contributed by atoms with Gasteiger partial charge in [-0.25, -0.2) is 23.2 Å². The summed E-state index contributed by atoms with van der Waals surface area (Å²) in [4.78, 5) is 20.7. The quantitative estimate of drug-likeness (QED) is 0.707. The molecule has 2 atom stereocenters. The first-order valence-corrected chi connectivity index (χ1v) is 9.72. The van der Waals surface area contributed by atoms with E-state index in [2.05, 4.69) is 9.97 Å². The van der Waals surface area contributed by atoms with E-state index in [1.54, 1.807) is 6.07 Å². The Balaban J connectivity index is 2.01. The second-order valence-corrected chi connectivity index (χ2v) is 8.33. The molecule has 3 rings (SSSR count). The van der Waals surface area contributed by atoms with Crippen molar-refractivity contribution in [1.82, 2.24) is 9.97 Å². The van der Waals surface area contributed by atoms with Gasteiger partial charge < -0.3 is 9.64 Å². The first-order chi connectivity index (χ1) is 13.2. The number of hydrogen-bond acceptors (Lipinski definition) is 7. The number of nitrogens with zero attached hydrogens (tertiary/aromatic N) is 3. The summed E-state index contributed by atoms with van der Waals surface area (Å²) in [6, 6.07) is 4.51. The zero-order valence-corrected chi connectivity index (χ0v) is 15.4. The fraction of sp³-hybridized carbons (Fsp3) is 0.353. The Bertz CT molecular complexity index is 967. The fourth-order valence-corrected chi connectivity index (χ4v) is 5.08. The van der Waals surface area contributed by atoms with Crippen LogP contribution in [-0.4, -0.2) is 49.3 Å². The summed E-state index contributed by atoms with van der Waals surface area (Å²) in [5.74, 6) is -0.617. The number of aromatic nitrogens is 2. The van der Waals surface area contributed by atoms with Crippen LogP contribution in [0.25, 0.3) is 0 Å². The molecule has 1 aromatic carbocycles. The van der Waals surface area contributed by atoms with Crippen LogP contribution in [0.5, 0.6) is 0 Å². The second kappa shape index (κ2) is 7.38. The van der Waals surface area contributed by atoms with Gasteiger partial charge in [-0.05, 0) is 24.6 Å². The summed E-state index contributed by atoms with van der Waals surface area (Å²) in [6.45, 7) is -0.238. The van der Waals surface area contributed by atoms with Crippen LogP contribution in [-0.2, 0) is 25.5 Å². The third-order valence-electron chi connectivity index (χ3n) is 4.48.